The molecular weight excluding hydrogens is 350 g/mol. The van der Waals surface area contributed by atoms with Crippen LogP contribution in [0.4, 0.5) is 0 Å². The van der Waals surface area contributed by atoms with Crippen LogP contribution in [0.15, 0.2) is 0 Å². The number of hydrogen-bond donors (Lipinski definition) is 3. The Morgan fingerprint density at radius 3 is 1.16 bits per heavy atom. The van der Waals surface area contributed by atoms with Crippen LogP contribution >= 0.6 is 7.82 Å². The molecule has 0 saturated heterocycles. The third kappa shape index (κ3) is 40.7. The van der Waals surface area contributed by atoms with Gasteiger partial charge in [-0.3, -0.25) is 0 Å². The van der Waals surface area contributed by atoms with E-state index in [9.17, 15) is 4.79 Å². The van der Waals surface area contributed by atoms with Crippen molar-refractivity contribution < 1.29 is 24.0 Å². The molecule has 0 aliphatic carbocycles. The van der Waals surface area contributed by atoms with Gasteiger partial charge in [0.25, 0.3) is 0 Å². The second-order valence-electron chi connectivity index (χ2n) is 6.92. The van der Waals surface area contributed by atoms with Crippen LogP contribution in [0.5, 0.6) is 0 Å². The number of carbonyl (C=O) groups is 1. The minimum absolute atomic E-state index is 0.486. The molecule has 0 bridgehead atoms. The maximum atomic E-state index is 10.8. The van der Waals surface area contributed by atoms with E-state index in [-0.39, 0.29) is 0 Å². The largest absolute Gasteiger partial charge is 0.466 e. The Bertz CT molecular complexity index is 325. The minimum Gasteiger partial charge on any atom is -0.303 e. The van der Waals surface area contributed by atoms with E-state index < -0.39 is 7.82 Å². The molecule has 5 nitrogen and oxygen atoms in total. The first-order valence-corrected chi connectivity index (χ1v) is 12.6. The van der Waals surface area contributed by atoms with Gasteiger partial charge in [-0.25, -0.2) is 4.57 Å². The van der Waals surface area contributed by atoms with Crippen LogP contribution < -0.4 is 0 Å². The standard InChI is InChI=1S/C18H35O.Na.H3O4P/c1-2-3-4-5-6-7-8-9-10-11-12-13-14-15-16-17-18-19;;1-5(2,3)4/h2-17H2,1H3;;(H3,1,2,3,4). The molecule has 7 heteroatoms. The van der Waals surface area contributed by atoms with Gasteiger partial charge in [0.15, 0.2) is 0 Å². The Hall–Kier alpha value is 0.780. The van der Waals surface area contributed by atoms with Gasteiger partial charge in [0.05, 0.1) is 0 Å². The van der Waals surface area contributed by atoms with Gasteiger partial charge in [0.1, 0.15) is 0 Å². The summed E-state index contributed by atoms with van der Waals surface area (Å²) >= 11 is 0.751. The van der Waals surface area contributed by atoms with Crippen molar-refractivity contribution >= 4 is 38.8 Å². The molecule has 0 saturated carbocycles. The maximum absolute atomic E-state index is 10.8. The molecule has 0 aromatic carbocycles. The molecule has 0 fully saturated rings. The summed E-state index contributed by atoms with van der Waals surface area (Å²) in [6, 6.07) is 0. The molecule has 0 spiro atoms. The Morgan fingerprint density at radius 2 is 0.920 bits per heavy atom. The second-order valence-corrected chi connectivity index (χ2v) is 9.06. The second kappa shape index (κ2) is 21.1. The average Bonchev–Trinajstić information content (AvgIpc) is 2.49. The van der Waals surface area contributed by atoms with Crippen molar-refractivity contribution in [1.29, 1.82) is 0 Å². The quantitative estimate of drug-likeness (QED) is 0.196. The first-order valence-electron chi connectivity index (χ1n) is 10.0. The zero-order valence-electron chi connectivity index (χ0n) is 16.4. The topological polar surface area (TPSA) is 94.8 Å². The van der Waals surface area contributed by atoms with Gasteiger partial charge in [0, 0.05) is 0 Å². The van der Waals surface area contributed by atoms with E-state index in [1.54, 1.807) is 0 Å². The van der Waals surface area contributed by atoms with Crippen molar-refractivity contribution in [2.24, 2.45) is 0 Å². The summed E-state index contributed by atoms with van der Waals surface area (Å²) in [7, 11) is -4.64. The van der Waals surface area contributed by atoms with Gasteiger partial charge >= 0.3 is 114 Å². The summed E-state index contributed by atoms with van der Waals surface area (Å²) in [5.41, 5.74) is 0. The van der Waals surface area contributed by atoms with E-state index in [1.165, 1.54) is 89.9 Å². The van der Waals surface area contributed by atoms with Gasteiger partial charge in [-0.2, -0.15) is 0 Å². The number of carbonyl (C=O) groups excluding carboxylic acids is 1. The summed E-state index contributed by atoms with van der Waals surface area (Å²) in [5, 5.41) is 0. The fourth-order valence-corrected chi connectivity index (χ4v) is 3.10. The SMILES string of the molecule is CCCCCCCCCCCCCCCCC[C](=O)[Na].O=P(O)(O)O. The van der Waals surface area contributed by atoms with Gasteiger partial charge in [-0.1, -0.05) is 39.0 Å². The van der Waals surface area contributed by atoms with Crippen LogP contribution in [0.2, 0.25) is 0 Å². The Balaban J connectivity index is 0. The molecule has 0 amide bonds. The fraction of sp³-hybridized carbons (Fsp3) is 0.944. The summed E-state index contributed by atoms with van der Waals surface area (Å²) in [6.45, 7) is 2.28. The monoisotopic (exact) mass is 388 g/mol. The zero-order chi connectivity index (χ0) is 19.4. The maximum Gasteiger partial charge on any atom is 0.466 e. The van der Waals surface area contributed by atoms with Crippen LogP contribution in [-0.2, 0) is 9.36 Å². The Morgan fingerprint density at radius 1 is 0.680 bits per heavy atom. The van der Waals surface area contributed by atoms with Crippen molar-refractivity contribution in [2.45, 2.75) is 110 Å². The summed E-state index contributed by atoms with van der Waals surface area (Å²) in [4.78, 5) is 32.4. The van der Waals surface area contributed by atoms with Gasteiger partial charge < -0.3 is 14.7 Å². The molecule has 146 valence electrons. The summed E-state index contributed by atoms with van der Waals surface area (Å²) in [5.74, 6) is 0. The molecule has 3 N–H and O–H groups in total. The van der Waals surface area contributed by atoms with Gasteiger partial charge in [-0.05, 0) is 0 Å². The van der Waals surface area contributed by atoms with E-state index in [4.69, 9.17) is 19.2 Å². The number of hydrogen-bond acceptors (Lipinski definition) is 2. The zero-order valence-corrected chi connectivity index (χ0v) is 19.3. The predicted molar refractivity (Wildman–Crippen MR) is 105 cm³/mol. The molecule has 0 aromatic rings. The number of phosphoric acid groups is 1. The molecule has 0 heterocycles. The van der Waals surface area contributed by atoms with Crippen molar-refractivity contribution in [3.8, 4) is 0 Å². The smallest absolute Gasteiger partial charge is 0.303 e. The molecule has 0 radical (unpaired) electrons. The van der Waals surface area contributed by atoms with E-state index in [2.05, 4.69) is 6.92 Å². The fourth-order valence-electron chi connectivity index (χ4n) is 2.75. The molecule has 25 heavy (non-hydrogen) atoms. The Labute approximate surface area is 172 Å². The van der Waals surface area contributed by atoms with Gasteiger partial charge in [0.2, 0.25) is 0 Å². The average molecular weight is 388 g/mol. The normalized spacial score (nSPS) is 11.1. The molecule has 0 aliphatic heterocycles. The predicted octanol–water partition coefficient (Wildman–Crippen LogP) is 5.01. The van der Waals surface area contributed by atoms with Crippen LogP contribution in [0.3, 0.4) is 0 Å². The Kier molecular flexibility index (Phi) is 23.6. The van der Waals surface area contributed by atoms with E-state index in [0.717, 1.165) is 40.8 Å². The molecule has 0 aromatic heterocycles. The molecule has 0 unspecified atom stereocenters. The molecule has 0 rings (SSSR count). The van der Waals surface area contributed by atoms with Crippen molar-refractivity contribution in [3.63, 3.8) is 0 Å². The van der Waals surface area contributed by atoms with Crippen molar-refractivity contribution in [3.05, 3.63) is 0 Å². The number of rotatable bonds is 16. The number of unbranched alkanes of at least 4 members (excludes halogenated alkanes) is 14. The van der Waals surface area contributed by atoms with E-state index >= 15 is 0 Å². The van der Waals surface area contributed by atoms with Crippen molar-refractivity contribution in [1.82, 2.24) is 0 Å². The van der Waals surface area contributed by atoms with Crippen LogP contribution in [0, 0.1) is 0 Å². The minimum atomic E-state index is -4.64. The summed E-state index contributed by atoms with van der Waals surface area (Å²) in [6.07, 6.45) is 21.8. The third-order valence-electron chi connectivity index (χ3n) is 4.13. The molecule has 0 aliphatic rings. The van der Waals surface area contributed by atoms with Crippen LogP contribution in [0.1, 0.15) is 110 Å². The van der Waals surface area contributed by atoms with E-state index in [1.807, 2.05) is 0 Å². The molecular formula is C18H38NaO5P. The first kappa shape index (κ1) is 28.0. The third-order valence-corrected chi connectivity index (χ3v) is 4.63. The van der Waals surface area contributed by atoms with E-state index in [0.29, 0.717) is 3.03 Å². The van der Waals surface area contributed by atoms with Crippen LogP contribution in [-0.4, -0.2) is 45.6 Å². The first-order chi connectivity index (χ1) is 11.8. The van der Waals surface area contributed by atoms with Crippen molar-refractivity contribution in [2.75, 3.05) is 0 Å². The van der Waals surface area contributed by atoms with Gasteiger partial charge in [-0.15, -0.1) is 0 Å². The van der Waals surface area contributed by atoms with Crippen LogP contribution in [0.25, 0.3) is 0 Å². The molecule has 0 atom stereocenters. The summed E-state index contributed by atoms with van der Waals surface area (Å²) < 4.78 is 9.37.